The Bertz CT molecular complexity index is 932. The molecule has 0 bridgehead atoms. The van der Waals surface area contributed by atoms with Crippen molar-refractivity contribution in [1.29, 1.82) is 0 Å². The summed E-state index contributed by atoms with van der Waals surface area (Å²) < 4.78 is 5.03. The molecule has 6 nitrogen and oxygen atoms in total. The molecule has 0 saturated carbocycles. The number of allylic oxidation sites excluding steroid dienone is 1. The van der Waals surface area contributed by atoms with E-state index < -0.39 is 0 Å². The highest BCUT2D eigenvalue weighted by Crippen LogP contribution is 2.20. The van der Waals surface area contributed by atoms with Gasteiger partial charge in [0.05, 0.1) is 5.75 Å². The molecule has 1 aromatic carbocycles. The fraction of sp³-hybridized carbons (Fsp3) is 0.211. The van der Waals surface area contributed by atoms with Crippen molar-refractivity contribution in [2.75, 3.05) is 11.1 Å². The maximum absolute atomic E-state index is 12.2. The highest BCUT2D eigenvalue weighted by molar-refractivity contribution is 9.10. The predicted octanol–water partition coefficient (Wildman–Crippen LogP) is 3.89. The molecular formula is C19H20BrN5OS. The monoisotopic (exact) mass is 445 g/mol. The van der Waals surface area contributed by atoms with Crippen molar-refractivity contribution >= 4 is 39.3 Å². The van der Waals surface area contributed by atoms with E-state index in [1.807, 2.05) is 54.2 Å². The molecule has 1 amide bonds. The number of hydrogen-bond acceptors (Lipinski definition) is 4. The number of rotatable bonds is 8. The molecule has 0 fully saturated rings. The molecule has 27 heavy (non-hydrogen) atoms. The fourth-order valence-electron chi connectivity index (χ4n) is 2.57. The van der Waals surface area contributed by atoms with E-state index in [9.17, 15) is 4.79 Å². The van der Waals surface area contributed by atoms with Crippen molar-refractivity contribution in [2.45, 2.75) is 18.1 Å². The van der Waals surface area contributed by atoms with Gasteiger partial charge in [-0.3, -0.25) is 4.79 Å². The van der Waals surface area contributed by atoms with E-state index in [-0.39, 0.29) is 11.7 Å². The van der Waals surface area contributed by atoms with Gasteiger partial charge in [0.2, 0.25) is 5.91 Å². The van der Waals surface area contributed by atoms with Gasteiger partial charge in [-0.2, -0.15) is 0 Å². The minimum atomic E-state index is -0.0838. The van der Waals surface area contributed by atoms with Gasteiger partial charge >= 0.3 is 0 Å². The number of amides is 1. The maximum Gasteiger partial charge on any atom is 0.234 e. The van der Waals surface area contributed by atoms with Gasteiger partial charge in [-0.25, -0.2) is 0 Å². The number of nitrogens with zero attached hydrogens (tertiary/aromatic N) is 4. The largest absolute Gasteiger partial charge is 0.354 e. The number of anilines is 1. The van der Waals surface area contributed by atoms with Crippen LogP contribution in [-0.4, -0.2) is 31.0 Å². The third-order valence-corrected chi connectivity index (χ3v) is 5.45. The van der Waals surface area contributed by atoms with Crippen LogP contribution in [0.15, 0.2) is 64.9 Å². The topological polar surface area (TPSA) is 64.7 Å². The van der Waals surface area contributed by atoms with Gasteiger partial charge in [-0.15, -0.1) is 16.8 Å². The normalized spacial score (nSPS) is 10.7. The Kier molecular flexibility index (Phi) is 6.52. The van der Waals surface area contributed by atoms with Gasteiger partial charge in [-0.1, -0.05) is 33.8 Å². The van der Waals surface area contributed by atoms with Crippen molar-refractivity contribution in [3.63, 3.8) is 0 Å². The SMILES string of the molecule is C=CCn1c(Cc2cccn2C)nnc1SCC(=O)Nc1ccc(Br)cc1. The number of carbonyl (C=O) groups is 1. The number of nitrogens with one attached hydrogen (secondary N) is 1. The summed E-state index contributed by atoms with van der Waals surface area (Å²) in [6, 6.07) is 11.5. The van der Waals surface area contributed by atoms with E-state index in [2.05, 4.69) is 48.7 Å². The number of aryl methyl sites for hydroxylation is 1. The summed E-state index contributed by atoms with van der Waals surface area (Å²) in [6.45, 7) is 4.42. The Morgan fingerprint density at radius 2 is 2.07 bits per heavy atom. The number of halogens is 1. The lowest BCUT2D eigenvalue weighted by atomic mass is 10.3. The van der Waals surface area contributed by atoms with Crippen LogP contribution in [0.4, 0.5) is 5.69 Å². The van der Waals surface area contributed by atoms with Crippen LogP contribution >= 0.6 is 27.7 Å². The molecule has 0 aliphatic carbocycles. The van der Waals surface area contributed by atoms with Crippen LogP contribution in [0.1, 0.15) is 11.5 Å². The van der Waals surface area contributed by atoms with Crippen LogP contribution in [0.2, 0.25) is 0 Å². The van der Waals surface area contributed by atoms with Gasteiger partial charge in [0, 0.05) is 42.1 Å². The molecule has 1 N–H and O–H groups in total. The second-order valence-corrected chi connectivity index (χ2v) is 7.79. The lowest BCUT2D eigenvalue weighted by Crippen LogP contribution is -2.14. The molecule has 2 aromatic heterocycles. The zero-order valence-electron chi connectivity index (χ0n) is 14.9. The lowest BCUT2D eigenvalue weighted by molar-refractivity contribution is -0.113. The number of hydrogen-bond donors (Lipinski definition) is 1. The van der Waals surface area contributed by atoms with Gasteiger partial charge in [-0.05, 0) is 36.4 Å². The van der Waals surface area contributed by atoms with E-state index in [1.165, 1.54) is 11.8 Å². The maximum atomic E-state index is 12.2. The molecule has 3 aromatic rings. The Labute approximate surface area is 170 Å². The summed E-state index contributed by atoms with van der Waals surface area (Å²) in [6.07, 6.45) is 4.49. The van der Waals surface area contributed by atoms with E-state index in [0.29, 0.717) is 18.1 Å². The first-order valence-corrected chi connectivity index (χ1v) is 10.2. The van der Waals surface area contributed by atoms with Crippen LogP contribution in [-0.2, 0) is 24.8 Å². The Morgan fingerprint density at radius 1 is 1.30 bits per heavy atom. The average Bonchev–Trinajstić information content (AvgIpc) is 3.23. The number of thioether (sulfide) groups is 1. The highest BCUT2D eigenvalue weighted by Gasteiger charge is 2.15. The minimum absolute atomic E-state index is 0.0838. The van der Waals surface area contributed by atoms with E-state index in [0.717, 1.165) is 21.7 Å². The zero-order valence-corrected chi connectivity index (χ0v) is 17.3. The first-order chi connectivity index (χ1) is 13.1. The minimum Gasteiger partial charge on any atom is -0.354 e. The summed E-state index contributed by atoms with van der Waals surface area (Å²) in [7, 11) is 2.01. The van der Waals surface area contributed by atoms with Crippen LogP contribution < -0.4 is 5.32 Å². The summed E-state index contributed by atoms with van der Waals surface area (Å²) >= 11 is 4.75. The average molecular weight is 446 g/mol. The Morgan fingerprint density at radius 3 is 2.74 bits per heavy atom. The lowest BCUT2D eigenvalue weighted by Gasteiger charge is -2.09. The van der Waals surface area contributed by atoms with Crippen LogP contribution in [0.3, 0.4) is 0 Å². The smallest absolute Gasteiger partial charge is 0.234 e. The Hall–Kier alpha value is -2.32. The molecule has 2 heterocycles. The molecule has 0 atom stereocenters. The van der Waals surface area contributed by atoms with E-state index >= 15 is 0 Å². The first-order valence-electron chi connectivity index (χ1n) is 8.38. The summed E-state index contributed by atoms with van der Waals surface area (Å²) in [5.74, 6) is 1.03. The van der Waals surface area contributed by atoms with Gasteiger partial charge in [0.15, 0.2) is 5.16 Å². The van der Waals surface area contributed by atoms with Crippen molar-refractivity contribution in [2.24, 2.45) is 7.05 Å². The molecule has 3 rings (SSSR count). The first kappa shape index (κ1) is 19.4. The number of carbonyl (C=O) groups excluding carboxylic acids is 1. The summed E-state index contributed by atoms with van der Waals surface area (Å²) in [5, 5.41) is 12.2. The number of aromatic nitrogens is 4. The zero-order chi connectivity index (χ0) is 19.2. The van der Waals surface area contributed by atoms with Gasteiger partial charge < -0.3 is 14.5 Å². The quantitative estimate of drug-likeness (QED) is 0.421. The summed E-state index contributed by atoms with van der Waals surface area (Å²) in [5.41, 5.74) is 1.91. The van der Waals surface area contributed by atoms with Crippen LogP contribution in [0.5, 0.6) is 0 Å². The highest BCUT2D eigenvalue weighted by atomic mass is 79.9. The van der Waals surface area contributed by atoms with E-state index in [4.69, 9.17) is 0 Å². The molecule has 140 valence electrons. The molecule has 0 saturated heterocycles. The van der Waals surface area contributed by atoms with Crippen molar-refractivity contribution in [3.8, 4) is 0 Å². The van der Waals surface area contributed by atoms with Crippen molar-refractivity contribution in [3.05, 3.63) is 71.2 Å². The van der Waals surface area contributed by atoms with Crippen molar-refractivity contribution in [1.82, 2.24) is 19.3 Å². The molecular weight excluding hydrogens is 426 g/mol. The third-order valence-electron chi connectivity index (χ3n) is 3.96. The second-order valence-electron chi connectivity index (χ2n) is 5.93. The molecule has 0 radical (unpaired) electrons. The Balaban J connectivity index is 1.65. The summed E-state index contributed by atoms with van der Waals surface area (Å²) in [4.78, 5) is 12.2. The molecule has 0 aliphatic heterocycles. The molecule has 0 unspecified atom stereocenters. The van der Waals surface area contributed by atoms with Crippen LogP contribution in [0.25, 0.3) is 0 Å². The molecule has 0 spiro atoms. The molecule has 0 aliphatic rings. The molecule has 8 heteroatoms. The van der Waals surface area contributed by atoms with Gasteiger partial charge in [0.1, 0.15) is 5.82 Å². The standard InChI is InChI=1S/C19H20BrN5OS/c1-3-10-25-17(12-16-5-4-11-24(16)2)22-23-19(25)27-13-18(26)21-15-8-6-14(20)7-9-15/h3-9,11H,1,10,12-13H2,2H3,(H,21,26). The van der Waals surface area contributed by atoms with Gasteiger partial charge in [0.25, 0.3) is 0 Å². The van der Waals surface area contributed by atoms with Crippen molar-refractivity contribution < 1.29 is 4.79 Å². The fourth-order valence-corrected chi connectivity index (χ4v) is 3.60. The predicted molar refractivity (Wildman–Crippen MR) is 112 cm³/mol. The second kappa shape index (κ2) is 9.05. The van der Waals surface area contributed by atoms with E-state index in [1.54, 1.807) is 0 Å². The number of benzene rings is 1. The van der Waals surface area contributed by atoms with Crippen LogP contribution in [0, 0.1) is 0 Å². The third kappa shape index (κ3) is 5.11.